The van der Waals surface area contributed by atoms with E-state index in [4.69, 9.17) is 4.74 Å². The van der Waals surface area contributed by atoms with Crippen molar-refractivity contribution in [1.29, 1.82) is 0 Å². The summed E-state index contributed by atoms with van der Waals surface area (Å²) < 4.78 is 5.37. The van der Waals surface area contributed by atoms with Crippen LogP contribution in [0.3, 0.4) is 0 Å². The number of hydrogen-bond donors (Lipinski definition) is 1. The van der Waals surface area contributed by atoms with Crippen molar-refractivity contribution in [2.45, 2.75) is 46.0 Å². The molecule has 5 nitrogen and oxygen atoms in total. The Labute approximate surface area is 150 Å². The average Bonchev–Trinajstić information content (AvgIpc) is 2.57. The second-order valence-corrected chi connectivity index (χ2v) is 7.35. The number of nitrogens with one attached hydrogen (secondary N) is 1. The lowest BCUT2D eigenvalue weighted by molar-refractivity contribution is -0.145. The van der Waals surface area contributed by atoms with Gasteiger partial charge in [-0.2, -0.15) is 0 Å². The third-order valence-electron chi connectivity index (χ3n) is 5.66. The first-order chi connectivity index (χ1) is 11.8. The molecule has 1 aromatic rings. The van der Waals surface area contributed by atoms with E-state index < -0.39 is 10.8 Å². The van der Waals surface area contributed by atoms with Crippen molar-refractivity contribution in [2.75, 3.05) is 26.7 Å². The quantitative estimate of drug-likeness (QED) is 0.771. The molecule has 5 heteroatoms. The first-order valence-electron chi connectivity index (χ1n) is 9.02. The molecule has 1 heterocycles. The van der Waals surface area contributed by atoms with Crippen LogP contribution in [0.2, 0.25) is 0 Å². The second kappa shape index (κ2) is 7.56. The van der Waals surface area contributed by atoms with Gasteiger partial charge in [-0.25, -0.2) is 0 Å². The lowest BCUT2D eigenvalue weighted by Gasteiger charge is -2.49. The zero-order valence-electron chi connectivity index (χ0n) is 16.0. The zero-order chi connectivity index (χ0) is 18.7. The molecule has 0 spiro atoms. The summed E-state index contributed by atoms with van der Waals surface area (Å²) in [7, 11) is 1.62. The molecule has 1 atom stereocenters. The molecule has 138 valence electrons. The highest BCUT2D eigenvalue weighted by Gasteiger charge is 2.56. The van der Waals surface area contributed by atoms with E-state index in [0.717, 1.165) is 30.9 Å². The maximum atomic E-state index is 13.1. The highest BCUT2D eigenvalue weighted by atomic mass is 16.5. The van der Waals surface area contributed by atoms with Gasteiger partial charge in [-0.3, -0.25) is 14.9 Å². The molecule has 0 aromatic heterocycles. The molecular formula is C20H30N2O3. The molecule has 1 saturated heterocycles. The Morgan fingerprint density at radius 3 is 2.44 bits per heavy atom. The fourth-order valence-electron chi connectivity index (χ4n) is 4.01. The normalized spacial score (nSPS) is 22.8. The maximum absolute atomic E-state index is 13.1. The minimum atomic E-state index is -0.766. The third kappa shape index (κ3) is 3.56. The average molecular weight is 346 g/mol. The molecule has 2 amide bonds. The summed E-state index contributed by atoms with van der Waals surface area (Å²) in [6, 6.07) is 7.69. The number of hydrogen-bond acceptors (Lipinski definition) is 4. The molecule has 1 aliphatic heterocycles. The van der Waals surface area contributed by atoms with E-state index in [0.29, 0.717) is 12.8 Å². The number of rotatable bonds is 7. The smallest absolute Gasteiger partial charge is 0.237 e. The molecule has 1 unspecified atom stereocenters. The molecule has 1 aromatic carbocycles. The van der Waals surface area contributed by atoms with Crippen molar-refractivity contribution in [3.05, 3.63) is 29.8 Å². The van der Waals surface area contributed by atoms with Crippen LogP contribution in [0.15, 0.2) is 24.3 Å². The van der Waals surface area contributed by atoms with Gasteiger partial charge in [0.2, 0.25) is 11.8 Å². The fraction of sp³-hybridized carbons (Fsp3) is 0.600. The Morgan fingerprint density at radius 1 is 1.20 bits per heavy atom. The lowest BCUT2D eigenvalue weighted by Crippen LogP contribution is -2.61. The molecule has 1 fully saturated rings. The number of carbonyl (C=O) groups excluding carboxylic acids is 2. The van der Waals surface area contributed by atoms with Crippen molar-refractivity contribution < 1.29 is 14.3 Å². The van der Waals surface area contributed by atoms with Crippen molar-refractivity contribution in [3.8, 4) is 5.75 Å². The molecule has 0 saturated carbocycles. The van der Waals surface area contributed by atoms with Gasteiger partial charge < -0.3 is 9.64 Å². The van der Waals surface area contributed by atoms with Crippen LogP contribution >= 0.6 is 0 Å². The van der Waals surface area contributed by atoms with Crippen LogP contribution in [0.1, 0.15) is 46.1 Å². The van der Waals surface area contributed by atoms with Gasteiger partial charge in [0.05, 0.1) is 12.5 Å². The topological polar surface area (TPSA) is 58.6 Å². The van der Waals surface area contributed by atoms with E-state index in [9.17, 15) is 9.59 Å². The molecule has 0 bridgehead atoms. The highest BCUT2D eigenvalue weighted by Crippen LogP contribution is 2.49. The number of benzene rings is 1. The van der Waals surface area contributed by atoms with Crippen LogP contribution in [-0.4, -0.2) is 43.5 Å². The number of carbonyl (C=O) groups is 2. The Hall–Kier alpha value is -1.88. The lowest BCUT2D eigenvalue weighted by atomic mass is 9.56. The number of nitrogens with zero attached hydrogens (tertiary/aromatic N) is 1. The van der Waals surface area contributed by atoms with Crippen LogP contribution in [0.25, 0.3) is 0 Å². The van der Waals surface area contributed by atoms with Gasteiger partial charge in [0, 0.05) is 6.42 Å². The molecule has 0 aliphatic carbocycles. The number of methoxy groups -OCH3 is 1. The van der Waals surface area contributed by atoms with Gasteiger partial charge in [0.25, 0.3) is 0 Å². The predicted octanol–water partition coefficient (Wildman–Crippen LogP) is 2.74. The summed E-state index contributed by atoms with van der Waals surface area (Å²) in [4.78, 5) is 27.5. The standard InChI is InChI=1S/C20H30N2O3/c1-6-22(7-2)12-11-20(15-9-8-10-16(13-15)25-5)18(24)21-17(23)14-19(20,3)4/h8-10,13H,6-7,11-12,14H2,1-5H3,(H,21,23,24). The minimum absolute atomic E-state index is 0.198. The van der Waals surface area contributed by atoms with Crippen LogP contribution in [0.4, 0.5) is 0 Å². The van der Waals surface area contributed by atoms with Crippen molar-refractivity contribution in [2.24, 2.45) is 5.41 Å². The maximum Gasteiger partial charge on any atom is 0.237 e. The van der Waals surface area contributed by atoms with Crippen LogP contribution in [0.5, 0.6) is 5.75 Å². The minimum Gasteiger partial charge on any atom is -0.497 e. The predicted molar refractivity (Wildman–Crippen MR) is 98.6 cm³/mol. The molecule has 1 N–H and O–H groups in total. The Balaban J connectivity index is 2.53. The van der Waals surface area contributed by atoms with E-state index in [-0.39, 0.29) is 11.8 Å². The first-order valence-corrected chi connectivity index (χ1v) is 9.02. The number of amides is 2. The van der Waals surface area contributed by atoms with Crippen LogP contribution < -0.4 is 10.1 Å². The molecule has 0 radical (unpaired) electrons. The summed E-state index contributed by atoms with van der Waals surface area (Å²) in [6.45, 7) is 11.0. The molecule has 25 heavy (non-hydrogen) atoms. The summed E-state index contributed by atoms with van der Waals surface area (Å²) in [5, 5.41) is 2.58. The number of ether oxygens (including phenoxy) is 1. The number of piperidine rings is 1. The van der Waals surface area contributed by atoms with Gasteiger partial charge in [-0.15, -0.1) is 0 Å². The van der Waals surface area contributed by atoms with Crippen molar-refractivity contribution >= 4 is 11.8 Å². The van der Waals surface area contributed by atoms with Crippen molar-refractivity contribution in [3.63, 3.8) is 0 Å². The summed E-state index contributed by atoms with van der Waals surface area (Å²) in [6.07, 6.45) is 0.988. The highest BCUT2D eigenvalue weighted by molar-refractivity contribution is 6.04. The van der Waals surface area contributed by atoms with Gasteiger partial charge in [0.15, 0.2) is 0 Å². The molecule has 1 aliphatic rings. The Bertz CT molecular complexity index is 638. The second-order valence-electron chi connectivity index (χ2n) is 7.35. The van der Waals surface area contributed by atoms with Crippen LogP contribution in [0, 0.1) is 5.41 Å². The van der Waals surface area contributed by atoms with E-state index in [1.165, 1.54) is 0 Å². The molecular weight excluding hydrogens is 316 g/mol. The van der Waals surface area contributed by atoms with Crippen molar-refractivity contribution in [1.82, 2.24) is 10.2 Å². The summed E-state index contributed by atoms with van der Waals surface area (Å²) >= 11 is 0. The van der Waals surface area contributed by atoms with E-state index in [2.05, 4.69) is 24.1 Å². The Morgan fingerprint density at radius 2 is 1.88 bits per heavy atom. The monoisotopic (exact) mass is 346 g/mol. The largest absolute Gasteiger partial charge is 0.497 e. The van der Waals surface area contributed by atoms with Gasteiger partial charge in [-0.05, 0) is 49.2 Å². The van der Waals surface area contributed by atoms with Gasteiger partial charge >= 0.3 is 0 Å². The van der Waals surface area contributed by atoms with E-state index >= 15 is 0 Å². The Kier molecular flexibility index (Phi) is 5.88. The fourth-order valence-corrected chi connectivity index (χ4v) is 4.01. The van der Waals surface area contributed by atoms with Gasteiger partial charge in [-0.1, -0.05) is 39.8 Å². The van der Waals surface area contributed by atoms with E-state index in [1.807, 2.05) is 38.1 Å². The van der Waals surface area contributed by atoms with Crippen LogP contribution in [-0.2, 0) is 15.0 Å². The SMILES string of the molecule is CCN(CC)CCC1(c2cccc(OC)c2)C(=O)NC(=O)CC1(C)C. The summed E-state index contributed by atoms with van der Waals surface area (Å²) in [5.41, 5.74) is -0.335. The van der Waals surface area contributed by atoms with E-state index in [1.54, 1.807) is 7.11 Å². The molecule has 2 rings (SSSR count). The van der Waals surface area contributed by atoms with Gasteiger partial charge in [0.1, 0.15) is 5.75 Å². The number of imide groups is 1. The summed E-state index contributed by atoms with van der Waals surface area (Å²) in [5.74, 6) is 0.325. The third-order valence-corrected chi connectivity index (χ3v) is 5.66. The first kappa shape index (κ1) is 19.4. The zero-order valence-corrected chi connectivity index (χ0v) is 16.0.